The van der Waals surface area contributed by atoms with E-state index in [0.29, 0.717) is 6.42 Å². The Morgan fingerprint density at radius 1 is 1.44 bits per heavy atom. The Hall–Kier alpha value is -0.610. The van der Waals surface area contributed by atoms with Gasteiger partial charge in [-0.3, -0.25) is 4.79 Å². The van der Waals surface area contributed by atoms with Crippen molar-refractivity contribution < 1.29 is 9.90 Å². The van der Waals surface area contributed by atoms with Gasteiger partial charge in [-0.25, -0.2) is 0 Å². The van der Waals surface area contributed by atoms with E-state index in [1.54, 1.807) is 19.0 Å². The fourth-order valence-corrected chi connectivity index (χ4v) is 1.49. The number of carbonyl (C=O) groups is 1. The maximum atomic E-state index is 11.3. The number of rotatable bonds is 8. The summed E-state index contributed by atoms with van der Waals surface area (Å²) in [6.45, 7) is 5.24. The van der Waals surface area contributed by atoms with E-state index in [9.17, 15) is 4.79 Å². The molecule has 1 atom stereocenters. The SMILES string of the molecule is CCC(C)(CCO)NCCCC(=O)N(C)C. The summed E-state index contributed by atoms with van der Waals surface area (Å²) in [5, 5.41) is 12.4. The van der Waals surface area contributed by atoms with Gasteiger partial charge >= 0.3 is 0 Å². The number of aliphatic hydroxyl groups is 1. The predicted octanol–water partition coefficient (Wildman–Crippen LogP) is 0.995. The maximum Gasteiger partial charge on any atom is 0.222 e. The second-order valence-corrected chi connectivity index (χ2v) is 4.71. The van der Waals surface area contributed by atoms with Gasteiger partial charge in [-0.15, -0.1) is 0 Å². The van der Waals surface area contributed by atoms with Crippen LogP contribution in [0.4, 0.5) is 0 Å². The van der Waals surface area contributed by atoms with Gasteiger partial charge in [-0.1, -0.05) is 6.92 Å². The van der Waals surface area contributed by atoms with E-state index in [0.717, 1.165) is 25.8 Å². The molecule has 0 heterocycles. The van der Waals surface area contributed by atoms with Crippen molar-refractivity contribution in [1.29, 1.82) is 0 Å². The molecular weight excluding hydrogens is 204 g/mol. The average Bonchev–Trinajstić information content (AvgIpc) is 2.24. The Kier molecular flexibility index (Phi) is 7.34. The van der Waals surface area contributed by atoms with Crippen LogP contribution in [0.25, 0.3) is 0 Å². The summed E-state index contributed by atoms with van der Waals surface area (Å²) < 4.78 is 0. The highest BCUT2D eigenvalue weighted by Gasteiger charge is 2.19. The van der Waals surface area contributed by atoms with Crippen molar-refractivity contribution in [3.05, 3.63) is 0 Å². The van der Waals surface area contributed by atoms with Crippen molar-refractivity contribution in [3.63, 3.8) is 0 Å². The lowest BCUT2D eigenvalue weighted by Gasteiger charge is -2.29. The molecule has 0 saturated heterocycles. The molecule has 0 aromatic heterocycles. The van der Waals surface area contributed by atoms with Crippen LogP contribution < -0.4 is 5.32 Å². The molecule has 0 saturated carbocycles. The molecule has 0 aliphatic carbocycles. The molecule has 4 heteroatoms. The van der Waals surface area contributed by atoms with Crippen LogP contribution in [0.2, 0.25) is 0 Å². The average molecular weight is 230 g/mol. The standard InChI is InChI=1S/C12H26N2O2/c1-5-12(2,8-10-15)13-9-6-7-11(16)14(3)4/h13,15H,5-10H2,1-4H3. The van der Waals surface area contributed by atoms with Crippen LogP contribution in [0.1, 0.15) is 39.5 Å². The quantitative estimate of drug-likeness (QED) is 0.612. The second-order valence-electron chi connectivity index (χ2n) is 4.71. The van der Waals surface area contributed by atoms with Crippen LogP contribution in [0.5, 0.6) is 0 Å². The lowest BCUT2D eigenvalue weighted by Crippen LogP contribution is -2.43. The number of carbonyl (C=O) groups excluding carboxylic acids is 1. The summed E-state index contributed by atoms with van der Waals surface area (Å²) in [5.74, 6) is 0.169. The van der Waals surface area contributed by atoms with E-state index in [1.165, 1.54) is 0 Å². The summed E-state index contributed by atoms with van der Waals surface area (Å²) in [7, 11) is 3.55. The van der Waals surface area contributed by atoms with E-state index in [4.69, 9.17) is 5.11 Å². The van der Waals surface area contributed by atoms with E-state index in [2.05, 4.69) is 19.2 Å². The predicted molar refractivity (Wildman–Crippen MR) is 66.3 cm³/mol. The van der Waals surface area contributed by atoms with Gasteiger partial charge in [0.25, 0.3) is 0 Å². The molecule has 0 spiro atoms. The van der Waals surface area contributed by atoms with Crippen molar-refractivity contribution in [1.82, 2.24) is 10.2 Å². The van der Waals surface area contributed by atoms with Crippen LogP contribution in [0.3, 0.4) is 0 Å². The first-order chi connectivity index (χ1) is 7.45. The van der Waals surface area contributed by atoms with Gasteiger partial charge in [0, 0.05) is 32.7 Å². The first-order valence-electron chi connectivity index (χ1n) is 6.01. The van der Waals surface area contributed by atoms with E-state index in [-0.39, 0.29) is 18.1 Å². The number of nitrogens with zero attached hydrogens (tertiary/aromatic N) is 1. The smallest absolute Gasteiger partial charge is 0.222 e. The Bertz CT molecular complexity index is 207. The number of hydrogen-bond donors (Lipinski definition) is 2. The minimum Gasteiger partial charge on any atom is -0.396 e. The molecule has 2 N–H and O–H groups in total. The third kappa shape index (κ3) is 6.08. The van der Waals surface area contributed by atoms with Crippen LogP contribution in [0, 0.1) is 0 Å². The van der Waals surface area contributed by atoms with E-state index in [1.807, 2.05) is 0 Å². The van der Waals surface area contributed by atoms with E-state index < -0.39 is 0 Å². The van der Waals surface area contributed by atoms with E-state index >= 15 is 0 Å². The Morgan fingerprint density at radius 2 is 2.06 bits per heavy atom. The summed E-state index contributed by atoms with van der Waals surface area (Å²) >= 11 is 0. The molecule has 0 radical (unpaired) electrons. The normalized spacial score (nSPS) is 14.6. The molecule has 0 aliphatic heterocycles. The second kappa shape index (κ2) is 7.63. The summed E-state index contributed by atoms with van der Waals surface area (Å²) in [6, 6.07) is 0. The molecule has 96 valence electrons. The van der Waals surface area contributed by atoms with Crippen molar-refractivity contribution in [3.8, 4) is 0 Å². The van der Waals surface area contributed by atoms with Crippen LogP contribution in [-0.2, 0) is 4.79 Å². The minimum absolute atomic E-state index is 0.00405. The van der Waals surface area contributed by atoms with Crippen molar-refractivity contribution in [2.45, 2.75) is 45.1 Å². The fourth-order valence-electron chi connectivity index (χ4n) is 1.49. The molecule has 0 aliphatic rings. The highest BCUT2D eigenvalue weighted by Crippen LogP contribution is 2.13. The summed E-state index contributed by atoms with van der Waals surface area (Å²) in [6.07, 6.45) is 3.16. The topological polar surface area (TPSA) is 52.6 Å². The minimum atomic E-state index is -0.00405. The lowest BCUT2D eigenvalue weighted by atomic mass is 9.95. The van der Waals surface area contributed by atoms with Crippen molar-refractivity contribution in [2.75, 3.05) is 27.2 Å². The van der Waals surface area contributed by atoms with Gasteiger partial charge in [-0.2, -0.15) is 0 Å². The number of hydrogen-bond acceptors (Lipinski definition) is 3. The largest absolute Gasteiger partial charge is 0.396 e. The molecule has 1 amide bonds. The lowest BCUT2D eigenvalue weighted by molar-refractivity contribution is -0.128. The summed E-state index contributed by atoms with van der Waals surface area (Å²) in [5.41, 5.74) is -0.00405. The third-order valence-corrected chi connectivity index (χ3v) is 3.06. The molecule has 4 nitrogen and oxygen atoms in total. The Balaban J connectivity index is 3.75. The first-order valence-corrected chi connectivity index (χ1v) is 6.01. The highest BCUT2D eigenvalue weighted by atomic mass is 16.3. The van der Waals surface area contributed by atoms with Gasteiger partial charge in [0.2, 0.25) is 5.91 Å². The van der Waals surface area contributed by atoms with Gasteiger partial charge < -0.3 is 15.3 Å². The molecule has 16 heavy (non-hydrogen) atoms. The van der Waals surface area contributed by atoms with Crippen LogP contribution in [-0.4, -0.2) is 48.7 Å². The third-order valence-electron chi connectivity index (χ3n) is 3.06. The molecule has 0 rings (SSSR count). The zero-order valence-electron chi connectivity index (χ0n) is 11.0. The van der Waals surface area contributed by atoms with Gasteiger partial charge in [0.1, 0.15) is 0 Å². The molecule has 1 unspecified atom stereocenters. The Morgan fingerprint density at radius 3 is 2.50 bits per heavy atom. The monoisotopic (exact) mass is 230 g/mol. The Labute approximate surface area is 99.0 Å². The number of amides is 1. The first kappa shape index (κ1) is 15.4. The molecule has 0 fully saturated rings. The number of aliphatic hydroxyl groups excluding tert-OH is 1. The van der Waals surface area contributed by atoms with Gasteiger partial charge in [0.15, 0.2) is 0 Å². The molecule has 0 bridgehead atoms. The zero-order chi connectivity index (χ0) is 12.6. The fraction of sp³-hybridized carbons (Fsp3) is 0.917. The van der Waals surface area contributed by atoms with Crippen LogP contribution >= 0.6 is 0 Å². The number of nitrogens with one attached hydrogen (secondary N) is 1. The summed E-state index contributed by atoms with van der Waals surface area (Å²) in [4.78, 5) is 12.9. The zero-order valence-corrected chi connectivity index (χ0v) is 11.0. The molecular formula is C12H26N2O2. The van der Waals surface area contributed by atoms with Crippen molar-refractivity contribution in [2.24, 2.45) is 0 Å². The maximum absolute atomic E-state index is 11.3. The van der Waals surface area contributed by atoms with Gasteiger partial charge in [0.05, 0.1) is 0 Å². The van der Waals surface area contributed by atoms with Crippen molar-refractivity contribution >= 4 is 5.91 Å². The molecule has 0 aromatic rings. The van der Waals surface area contributed by atoms with Gasteiger partial charge in [-0.05, 0) is 32.7 Å². The van der Waals surface area contributed by atoms with Crippen LogP contribution in [0.15, 0.2) is 0 Å². The highest BCUT2D eigenvalue weighted by molar-refractivity contribution is 5.75. The molecule has 0 aromatic carbocycles.